The Morgan fingerprint density at radius 1 is 0.971 bits per heavy atom. The molecule has 8 heteroatoms. The van der Waals surface area contributed by atoms with Crippen LogP contribution < -0.4 is 4.74 Å². The third-order valence-electron chi connectivity index (χ3n) is 5.68. The number of carbonyl (C=O) groups excluding carboxylic acids is 2. The number of fused-ring (bicyclic) bond motifs is 1. The molecule has 176 valence electrons. The maximum absolute atomic E-state index is 14.1. The minimum absolute atomic E-state index is 0.0987. The van der Waals surface area contributed by atoms with E-state index in [1.165, 1.54) is 6.07 Å². The summed E-state index contributed by atoms with van der Waals surface area (Å²) >= 11 is 6.79. The quantitative estimate of drug-likeness (QED) is 0.260. The van der Waals surface area contributed by atoms with Gasteiger partial charge in [-0.25, -0.2) is 4.39 Å². The third-order valence-corrected chi connectivity index (χ3v) is 6.84. The fraction of sp³-hybridized carbons (Fsp3) is 0.111. The molecule has 2 heterocycles. The summed E-state index contributed by atoms with van der Waals surface area (Å²) in [6.45, 7) is 0.934. The zero-order valence-electron chi connectivity index (χ0n) is 18.5. The second-order valence-corrected chi connectivity index (χ2v) is 9.39. The van der Waals surface area contributed by atoms with Gasteiger partial charge in [-0.1, -0.05) is 48.0 Å². The maximum atomic E-state index is 14.1. The van der Waals surface area contributed by atoms with Crippen molar-refractivity contribution < 1.29 is 18.7 Å². The molecule has 5 rings (SSSR count). The van der Waals surface area contributed by atoms with Gasteiger partial charge in [-0.2, -0.15) is 0 Å². The summed E-state index contributed by atoms with van der Waals surface area (Å²) < 4.78 is 21.9. The number of ether oxygens (including phenoxy) is 1. The van der Waals surface area contributed by atoms with E-state index >= 15 is 0 Å². The Morgan fingerprint density at radius 2 is 1.71 bits per heavy atom. The van der Waals surface area contributed by atoms with Crippen molar-refractivity contribution in [3.8, 4) is 5.75 Å². The molecule has 1 saturated heterocycles. The van der Waals surface area contributed by atoms with E-state index in [0.717, 1.165) is 38.9 Å². The summed E-state index contributed by atoms with van der Waals surface area (Å²) in [6, 6.07) is 21.2. The molecule has 1 fully saturated rings. The van der Waals surface area contributed by atoms with Gasteiger partial charge < -0.3 is 9.30 Å². The molecule has 4 aromatic rings. The molecule has 1 aromatic heterocycles. The van der Waals surface area contributed by atoms with Gasteiger partial charge in [0.25, 0.3) is 11.1 Å². The fourth-order valence-electron chi connectivity index (χ4n) is 3.94. The molecular formula is C27H20ClFN2O3S. The van der Waals surface area contributed by atoms with E-state index in [9.17, 15) is 14.0 Å². The number of thioether (sulfide) groups is 1. The summed E-state index contributed by atoms with van der Waals surface area (Å²) in [7, 11) is 0. The normalized spacial score (nSPS) is 14.9. The number of aromatic nitrogens is 1. The van der Waals surface area contributed by atoms with E-state index in [0.29, 0.717) is 28.6 Å². The number of hydrogen-bond acceptors (Lipinski definition) is 4. The topological polar surface area (TPSA) is 51.5 Å². The lowest BCUT2D eigenvalue weighted by atomic mass is 10.1. The standard InChI is InChI=1S/C27H20ClFN2O3S/c28-20-9-11-21(12-10-20)34-14-13-30-16-19(22-6-2-4-8-24(22)30)15-25-26(32)31(27(33)35-25)17-18-5-1-3-7-23(18)29/h1-12,15-16H,13-14,17H2/b25-15-. The molecule has 1 aliphatic rings. The molecule has 0 N–H and O–H groups in total. The molecule has 5 nitrogen and oxygen atoms in total. The van der Waals surface area contributed by atoms with Crippen molar-refractivity contribution in [2.45, 2.75) is 13.1 Å². The van der Waals surface area contributed by atoms with E-state index in [4.69, 9.17) is 16.3 Å². The molecule has 0 bridgehead atoms. The Morgan fingerprint density at radius 3 is 2.51 bits per heavy atom. The van der Waals surface area contributed by atoms with Gasteiger partial charge in [0.15, 0.2) is 0 Å². The monoisotopic (exact) mass is 506 g/mol. The van der Waals surface area contributed by atoms with E-state index in [2.05, 4.69) is 4.57 Å². The molecule has 0 atom stereocenters. The molecule has 3 aromatic carbocycles. The minimum atomic E-state index is -0.445. The largest absolute Gasteiger partial charge is 0.492 e. The van der Waals surface area contributed by atoms with Crippen molar-refractivity contribution in [2.24, 2.45) is 0 Å². The van der Waals surface area contributed by atoms with Crippen LogP contribution in [-0.4, -0.2) is 27.2 Å². The summed E-state index contributed by atoms with van der Waals surface area (Å²) in [4.78, 5) is 26.9. The molecule has 2 amide bonds. The molecule has 1 aliphatic heterocycles. The predicted molar refractivity (Wildman–Crippen MR) is 137 cm³/mol. The number of imide groups is 1. The lowest BCUT2D eigenvalue weighted by molar-refractivity contribution is -0.123. The lowest BCUT2D eigenvalue weighted by Crippen LogP contribution is -2.27. The number of para-hydroxylation sites is 1. The smallest absolute Gasteiger partial charge is 0.293 e. The Labute approximate surface area is 210 Å². The van der Waals surface area contributed by atoms with Crippen LogP contribution in [0.5, 0.6) is 5.75 Å². The van der Waals surface area contributed by atoms with Crippen molar-refractivity contribution in [1.82, 2.24) is 9.47 Å². The lowest BCUT2D eigenvalue weighted by Gasteiger charge is -2.12. The maximum Gasteiger partial charge on any atom is 0.293 e. The second-order valence-electron chi connectivity index (χ2n) is 7.96. The van der Waals surface area contributed by atoms with E-state index in [1.54, 1.807) is 36.4 Å². The first-order chi connectivity index (χ1) is 17.0. The van der Waals surface area contributed by atoms with Crippen LogP contribution in [0.3, 0.4) is 0 Å². The first-order valence-corrected chi connectivity index (χ1v) is 12.1. The highest BCUT2D eigenvalue weighted by molar-refractivity contribution is 8.18. The molecular weight excluding hydrogens is 487 g/mol. The number of rotatable bonds is 7. The van der Waals surface area contributed by atoms with Gasteiger partial charge in [0.05, 0.1) is 18.0 Å². The van der Waals surface area contributed by atoms with Crippen LogP contribution in [0, 0.1) is 5.82 Å². The minimum Gasteiger partial charge on any atom is -0.492 e. The molecule has 0 saturated carbocycles. The average Bonchev–Trinajstić information content (AvgIpc) is 3.34. The number of benzene rings is 3. The van der Waals surface area contributed by atoms with Gasteiger partial charge >= 0.3 is 0 Å². The van der Waals surface area contributed by atoms with Crippen LogP contribution in [0.15, 0.2) is 83.9 Å². The van der Waals surface area contributed by atoms with Crippen LogP contribution in [0.1, 0.15) is 11.1 Å². The van der Waals surface area contributed by atoms with Crippen molar-refractivity contribution in [3.05, 3.63) is 106 Å². The summed E-state index contributed by atoms with van der Waals surface area (Å²) in [5.41, 5.74) is 2.11. The Bertz CT molecular complexity index is 1450. The Hall–Kier alpha value is -3.55. The first kappa shape index (κ1) is 23.2. The van der Waals surface area contributed by atoms with Gasteiger partial charge in [0, 0.05) is 33.2 Å². The van der Waals surface area contributed by atoms with Gasteiger partial charge in [-0.15, -0.1) is 0 Å². The number of amides is 2. The van der Waals surface area contributed by atoms with Crippen LogP contribution in [0.2, 0.25) is 5.02 Å². The number of halogens is 2. The van der Waals surface area contributed by atoms with E-state index < -0.39 is 17.0 Å². The van der Waals surface area contributed by atoms with Crippen LogP contribution >= 0.6 is 23.4 Å². The van der Waals surface area contributed by atoms with Crippen molar-refractivity contribution >= 4 is 51.5 Å². The van der Waals surface area contributed by atoms with Gasteiger partial charge in [0.2, 0.25) is 0 Å². The SMILES string of the molecule is O=C1S/C(=C\c2cn(CCOc3ccc(Cl)cc3)c3ccccc23)C(=O)N1Cc1ccccc1F. The first-order valence-electron chi connectivity index (χ1n) is 10.9. The highest BCUT2D eigenvalue weighted by Gasteiger charge is 2.35. The highest BCUT2D eigenvalue weighted by Crippen LogP contribution is 2.35. The van der Waals surface area contributed by atoms with E-state index in [-0.39, 0.29) is 6.54 Å². The van der Waals surface area contributed by atoms with E-state index in [1.807, 2.05) is 42.6 Å². The van der Waals surface area contributed by atoms with Gasteiger partial charge in [0.1, 0.15) is 18.2 Å². The number of carbonyl (C=O) groups is 2. The van der Waals surface area contributed by atoms with Crippen molar-refractivity contribution in [2.75, 3.05) is 6.61 Å². The van der Waals surface area contributed by atoms with Crippen LogP contribution in [-0.2, 0) is 17.9 Å². The second kappa shape index (κ2) is 9.98. The molecule has 0 spiro atoms. The molecule has 0 aliphatic carbocycles. The molecule has 35 heavy (non-hydrogen) atoms. The summed E-state index contributed by atoms with van der Waals surface area (Å²) in [5, 5.41) is 1.20. The van der Waals surface area contributed by atoms with Gasteiger partial charge in [-0.3, -0.25) is 14.5 Å². The van der Waals surface area contributed by atoms with Crippen molar-refractivity contribution in [3.63, 3.8) is 0 Å². The Balaban J connectivity index is 1.36. The van der Waals surface area contributed by atoms with Crippen LogP contribution in [0.4, 0.5) is 9.18 Å². The number of nitrogens with zero attached hydrogens (tertiary/aromatic N) is 2. The fourth-order valence-corrected chi connectivity index (χ4v) is 4.90. The average molecular weight is 507 g/mol. The number of hydrogen-bond donors (Lipinski definition) is 0. The summed E-state index contributed by atoms with van der Waals surface area (Å²) in [5.74, 6) is -0.139. The van der Waals surface area contributed by atoms with Crippen LogP contribution in [0.25, 0.3) is 17.0 Å². The third kappa shape index (κ3) is 4.97. The highest BCUT2D eigenvalue weighted by atomic mass is 35.5. The zero-order chi connectivity index (χ0) is 24.4. The molecule has 0 radical (unpaired) electrons. The predicted octanol–water partition coefficient (Wildman–Crippen LogP) is 6.75. The summed E-state index contributed by atoms with van der Waals surface area (Å²) in [6.07, 6.45) is 3.67. The zero-order valence-corrected chi connectivity index (χ0v) is 20.1. The van der Waals surface area contributed by atoms with Crippen molar-refractivity contribution in [1.29, 1.82) is 0 Å². The van der Waals surface area contributed by atoms with Gasteiger partial charge in [-0.05, 0) is 54.2 Å². The molecule has 0 unspecified atom stereocenters. The Kier molecular flexibility index (Phi) is 6.61.